The van der Waals surface area contributed by atoms with E-state index in [0.29, 0.717) is 24.1 Å². The summed E-state index contributed by atoms with van der Waals surface area (Å²) in [5.74, 6) is 1.05. The van der Waals surface area contributed by atoms with Crippen molar-refractivity contribution in [2.75, 3.05) is 6.54 Å². The Balaban J connectivity index is 2.11. The molecule has 1 heterocycles. The van der Waals surface area contributed by atoms with Gasteiger partial charge in [-0.05, 0) is 31.9 Å². The van der Waals surface area contributed by atoms with E-state index in [1.165, 1.54) is 0 Å². The largest absolute Gasteiger partial charge is 0.455 e. The van der Waals surface area contributed by atoms with E-state index >= 15 is 0 Å². The Morgan fingerprint density at radius 3 is 2.80 bits per heavy atom. The minimum atomic E-state index is -0.0142. The molecular formula is C11H16N2O2. The quantitative estimate of drug-likeness (QED) is 0.812. The average Bonchev–Trinajstić information content (AvgIpc) is 2.97. The van der Waals surface area contributed by atoms with Gasteiger partial charge in [0.1, 0.15) is 5.76 Å². The molecule has 1 fully saturated rings. The molecular weight excluding hydrogens is 192 g/mol. The molecule has 1 aromatic rings. The van der Waals surface area contributed by atoms with E-state index in [0.717, 1.165) is 19.4 Å². The molecule has 0 atom stereocenters. The Bertz CT molecular complexity index is 355. The van der Waals surface area contributed by atoms with Gasteiger partial charge in [0.05, 0.1) is 6.54 Å². The lowest BCUT2D eigenvalue weighted by Gasteiger charge is -2.18. The highest BCUT2D eigenvalue weighted by Crippen LogP contribution is 2.28. The summed E-state index contributed by atoms with van der Waals surface area (Å²) in [5, 5.41) is 0. The van der Waals surface area contributed by atoms with Crippen molar-refractivity contribution >= 4 is 5.91 Å². The number of hydrogen-bond donors (Lipinski definition) is 1. The minimum absolute atomic E-state index is 0.0142. The van der Waals surface area contributed by atoms with E-state index in [1.54, 1.807) is 12.1 Å². The Hall–Kier alpha value is -1.29. The lowest BCUT2D eigenvalue weighted by atomic mass is 10.3. The lowest BCUT2D eigenvalue weighted by molar-refractivity contribution is 0.0718. The standard InChI is InChI=1S/C11H16N2O2/c1-2-13(8-3-4-8)11(14)10-6-5-9(7-12)15-10/h5-6,8H,2-4,7,12H2,1H3. The van der Waals surface area contributed by atoms with Crippen LogP contribution in [0.15, 0.2) is 16.5 Å². The van der Waals surface area contributed by atoms with Crippen LogP contribution in [0.5, 0.6) is 0 Å². The molecule has 1 amide bonds. The van der Waals surface area contributed by atoms with Crippen molar-refractivity contribution in [2.45, 2.75) is 32.4 Å². The second-order valence-electron chi connectivity index (χ2n) is 3.79. The predicted molar refractivity (Wildman–Crippen MR) is 56.3 cm³/mol. The minimum Gasteiger partial charge on any atom is -0.455 e. The fourth-order valence-corrected chi connectivity index (χ4v) is 1.70. The van der Waals surface area contributed by atoms with Gasteiger partial charge in [-0.25, -0.2) is 0 Å². The number of furan rings is 1. The Morgan fingerprint density at radius 2 is 2.33 bits per heavy atom. The highest BCUT2D eigenvalue weighted by molar-refractivity contribution is 5.92. The third-order valence-corrected chi connectivity index (χ3v) is 2.66. The summed E-state index contributed by atoms with van der Waals surface area (Å²) in [7, 11) is 0. The van der Waals surface area contributed by atoms with Crippen LogP contribution in [0.1, 0.15) is 36.1 Å². The third kappa shape index (κ3) is 2.04. The zero-order valence-corrected chi connectivity index (χ0v) is 8.90. The zero-order chi connectivity index (χ0) is 10.8. The zero-order valence-electron chi connectivity index (χ0n) is 8.90. The van der Waals surface area contributed by atoms with E-state index in [1.807, 2.05) is 11.8 Å². The molecule has 0 aliphatic heterocycles. The molecule has 4 nitrogen and oxygen atoms in total. The number of nitrogens with zero attached hydrogens (tertiary/aromatic N) is 1. The SMILES string of the molecule is CCN(C(=O)c1ccc(CN)o1)C1CC1. The van der Waals surface area contributed by atoms with Gasteiger partial charge in [0.25, 0.3) is 5.91 Å². The van der Waals surface area contributed by atoms with Crippen LogP contribution in [0.25, 0.3) is 0 Å². The maximum absolute atomic E-state index is 12.0. The van der Waals surface area contributed by atoms with Gasteiger partial charge in [-0.3, -0.25) is 4.79 Å². The molecule has 4 heteroatoms. The van der Waals surface area contributed by atoms with Gasteiger partial charge in [-0.2, -0.15) is 0 Å². The number of rotatable bonds is 4. The fourth-order valence-electron chi connectivity index (χ4n) is 1.70. The first-order valence-electron chi connectivity index (χ1n) is 5.36. The number of carbonyl (C=O) groups excluding carboxylic acids is 1. The molecule has 1 aliphatic rings. The van der Waals surface area contributed by atoms with Crippen LogP contribution in [-0.2, 0) is 6.54 Å². The smallest absolute Gasteiger partial charge is 0.289 e. The van der Waals surface area contributed by atoms with Crippen molar-refractivity contribution in [1.29, 1.82) is 0 Å². The van der Waals surface area contributed by atoms with Crippen molar-refractivity contribution in [3.63, 3.8) is 0 Å². The molecule has 1 aliphatic carbocycles. The number of hydrogen-bond acceptors (Lipinski definition) is 3. The van der Waals surface area contributed by atoms with Gasteiger partial charge in [-0.15, -0.1) is 0 Å². The van der Waals surface area contributed by atoms with E-state index in [9.17, 15) is 4.79 Å². The summed E-state index contributed by atoms with van der Waals surface area (Å²) < 4.78 is 5.34. The van der Waals surface area contributed by atoms with Crippen LogP contribution in [0.4, 0.5) is 0 Å². The first-order chi connectivity index (χ1) is 7.26. The molecule has 0 spiro atoms. The van der Waals surface area contributed by atoms with Gasteiger partial charge in [0, 0.05) is 12.6 Å². The topological polar surface area (TPSA) is 59.5 Å². The molecule has 0 saturated heterocycles. The van der Waals surface area contributed by atoms with Gasteiger partial charge < -0.3 is 15.1 Å². The fraction of sp³-hybridized carbons (Fsp3) is 0.545. The molecule has 1 saturated carbocycles. The number of nitrogens with two attached hydrogens (primary N) is 1. The van der Waals surface area contributed by atoms with Crippen molar-refractivity contribution in [2.24, 2.45) is 5.73 Å². The van der Waals surface area contributed by atoms with Crippen molar-refractivity contribution in [1.82, 2.24) is 4.90 Å². The van der Waals surface area contributed by atoms with Crippen molar-refractivity contribution in [3.8, 4) is 0 Å². The number of amides is 1. The van der Waals surface area contributed by atoms with Crippen LogP contribution >= 0.6 is 0 Å². The summed E-state index contributed by atoms with van der Waals surface area (Å²) in [6, 6.07) is 3.89. The van der Waals surface area contributed by atoms with E-state index in [4.69, 9.17) is 10.2 Å². The normalized spacial score (nSPS) is 15.3. The maximum Gasteiger partial charge on any atom is 0.289 e. The molecule has 82 valence electrons. The molecule has 15 heavy (non-hydrogen) atoms. The highest BCUT2D eigenvalue weighted by atomic mass is 16.4. The van der Waals surface area contributed by atoms with Crippen molar-refractivity contribution in [3.05, 3.63) is 23.7 Å². The van der Waals surface area contributed by atoms with Crippen LogP contribution in [0.2, 0.25) is 0 Å². The maximum atomic E-state index is 12.0. The second kappa shape index (κ2) is 4.06. The Morgan fingerprint density at radius 1 is 1.60 bits per heavy atom. The monoisotopic (exact) mass is 208 g/mol. The van der Waals surface area contributed by atoms with Crippen LogP contribution in [0, 0.1) is 0 Å². The summed E-state index contributed by atoms with van der Waals surface area (Å²) in [5.41, 5.74) is 5.43. The van der Waals surface area contributed by atoms with E-state index < -0.39 is 0 Å². The van der Waals surface area contributed by atoms with Gasteiger partial charge in [-0.1, -0.05) is 0 Å². The van der Waals surface area contributed by atoms with Gasteiger partial charge >= 0.3 is 0 Å². The van der Waals surface area contributed by atoms with E-state index in [2.05, 4.69) is 0 Å². The average molecular weight is 208 g/mol. The molecule has 1 aromatic heterocycles. The van der Waals surface area contributed by atoms with Gasteiger partial charge in [0.15, 0.2) is 5.76 Å². The summed E-state index contributed by atoms with van der Waals surface area (Å²) >= 11 is 0. The van der Waals surface area contributed by atoms with Crippen LogP contribution < -0.4 is 5.73 Å². The highest BCUT2D eigenvalue weighted by Gasteiger charge is 2.32. The lowest BCUT2D eigenvalue weighted by Crippen LogP contribution is -2.32. The van der Waals surface area contributed by atoms with Crippen LogP contribution in [0.3, 0.4) is 0 Å². The summed E-state index contributed by atoms with van der Waals surface area (Å²) in [4.78, 5) is 13.8. The Kier molecular flexibility index (Phi) is 2.77. The number of carbonyl (C=O) groups is 1. The van der Waals surface area contributed by atoms with Crippen molar-refractivity contribution < 1.29 is 9.21 Å². The van der Waals surface area contributed by atoms with E-state index in [-0.39, 0.29) is 5.91 Å². The first kappa shape index (κ1) is 10.2. The Labute approximate surface area is 89.0 Å². The van der Waals surface area contributed by atoms with Crippen LogP contribution in [-0.4, -0.2) is 23.4 Å². The summed E-state index contributed by atoms with van der Waals surface area (Å²) in [6.45, 7) is 3.06. The first-order valence-corrected chi connectivity index (χ1v) is 5.36. The molecule has 2 N–H and O–H groups in total. The summed E-state index contributed by atoms with van der Waals surface area (Å²) in [6.07, 6.45) is 2.23. The third-order valence-electron chi connectivity index (χ3n) is 2.66. The molecule has 0 bridgehead atoms. The molecule has 2 rings (SSSR count). The van der Waals surface area contributed by atoms with Gasteiger partial charge in [0.2, 0.25) is 0 Å². The molecule has 0 radical (unpaired) electrons. The molecule has 0 unspecified atom stereocenters. The second-order valence-corrected chi connectivity index (χ2v) is 3.79. The predicted octanol–water partition coefficient (Wildman–Crippen LogP) is 1.36. The molecule has 0 aromatic carbocycles.